The van der Waals surface area contributed by atoms with Crippen molar-refractivity contribution in [3.8, 4) is 5.75 Å². The van der Waals surface area contributed by atoms with Gasteiger partial charge in [-0.1, -0.05) is 43.5 Å². The van der Waals surface area contributed by atoms with Gasteiger partial charge in [0.1, 0.15) is 5.75 Å². The third kappa shape index (κ3) is 2.67. The average molecular weight is 255 g/mol. The zero-order valence-corrected chi connectivity index (χ0v) is 11.3. The van der Waals surface area contributed by atoms with E-state index in [2.05, 4.69) is 12.1 Å². The van der Waals surface area contributed by atoms with Gasteiger partial charge in [-0.05, 0) is 30.9 Å². The molecular weight excluding hydrogens is 234 g/mol. The fraction of sp³-hybridized carbons (Fsp3) is 0.412. The topological polar surface area (TPSA) is 35.2 Å². The van der Waals surface area contributed by atoms with E-state index in [0.29, 0.717) is 0 Å². The summed E-state index contributed by atoms with van der Waals surface area (Å²) in [7, 11) is 0. The molecule has 100 valence electrons. The number of nitrogens with two attached hydrogens (primary N) is 1. The summed E-state index contributed by atoms with van der Waals surface area (Å²) in [4.78, 5) is 0. The molecule has 0 amide bonds. The van der Waals surface area contributed by atoms with Gasteiger partial charge >= 0.3 is 0 Å². The van der Waals surface area contributed by atoms with Crippen molar-refractivity contribution in [2.45, 2.75) is 32.1 Å². The van der Waals surface area contributed by atoms with Gasteiger partial charge in [-0.3, -0.25) is 0 Å². The Bertz CT molecular complexity index is 558. The van der Waals surface area contributed by atoms with Crippen LogP contribution in [0.5, 0.6) is 5.75 Å². The third-order valence-corrected chi connectivity index (χ3v) is 4.12. The Labute approximate surface area is 114 Å². The van der Waals surface area contributed by atoms with Crippen LogP contribution in [0.15, 0.2) is 36.4 Å². The third-order valence-electron chi connectivity index (χ3n) is 4.12. The van der Waals surface area contributed by atoms with Crippen molar-refractivity contribution in [1.82, 2.24) is 0 Å². The number of ether oxygens (including phenoxy) is 1. The van der Waals surface area contributed by atoms with E-state index in [1.807, 2.05) is 24.3 Å². The van der Waals surface area contributed by atoms with Gasteiger partial charge in [-0.15, -0.1) is 0 Å². The molecule has 0 saturated heterocycles. The molecular formula is C17H21NO. The molecule has 0 aliphatic heterocycles. The Kier molecular flexibility index (Phi) is 3.58. The molecule has 2 nitrogen and oxygen atoms in total. The van der Waals surface area contributed by atoms with Gasteiger partial charge in [0.25, 0.3) is 0 Å². The van der Waals surface area contributed by atoms with Crippen LogP contribution in [-0.2, 0) is 0 Å². The Morgan fingerprint density at radius 3 is 2.47 bits per heavy atom. The first-order valence-electron chi connectivity index (χ1n) is 7.24. The van der Waals surface area contributed by atoms with Crippen LogP contribution in [0.3, 0.4) is 0 Å². The summed E-state index contributed by atoms with van der Waals surface area (Å²) in [5, 5.41) is 2.21. The smallest absolute Gasteiger partial charge is 0.127 e. The highest BCUT2D eigenvalue weighted by Gasteiger charge is 2.14. The minimum absolute atomic E-state index is 0.727. The van der Waals surface area contributed by atoms with Crippen LogP contribution in [0.4, 0.5) is 5.69 Å². The number of hydrogen-bond donors (Lipinski definition) is 1. The normalized spacial score (nSPS) is 16.6. The molecule has 2 N–H and O–H groups in total. The van der Waals surface area contributed by atoms with Crippen LogP contribution in [0.25, 0.3) is 10.8 Å². The molecule has 0 atom stereocenters. The Morgan fingerprint density at radius 1 is 0.947 bits per heavy atom. The van der Waals surface area contributed by atoms with Crippen molar-refractivity contribution in [1.29, 1.82) is 0 Å². The summed E-state index contributed by atoms with van der Waals surface area (Å²) in [5.41, 5.74) is 6.83. The van der Waals surface area contributed by atoms with Crippen LogP contribution >= 0.6 is 0 Å². The second-order valence-electron chi connectivity index (χ2n) is 5.51. The largest absolute Gasteiger partial charge is 0.493 e. The molecule has 0 radical (unpaired) electrons. The van der Waals surface area contributed by atoms with Crippen molar-refractivity contribution in [2.24, 2.45) is 5.92 Å². The zero-order valence-electron chi connectivity index (χ0n) is 11.3. The maximum atomic E-state index is 6.06. The van der Waals surface area contributed by atoms with E-state index in [-0.39, 0.29) is 0 Å². The predicted octanol–water partition coefficient (Wildman–Crippen LogP) is 4.38. The highest BCUT2D eigenvalue weighted by molar-refractivity contribution is 5.96. The van der Waals surface area contributed by atoms with Crippen molar-refractivity contribution < 1.29 is 4.74 Å². The lowest BCUT2D eigenvalue weighted by molar-refractivity contribution is 0.210. The molecule has 0 spiro atoms. The number of benzene rings is 2. The molecule has 0 aromatic heterocycles. The minimum atomic E-state index is 0.727. The summed E-state index contributed by atoms with van der Waals surface area (Å²) >= 11 is 0. The fourth-order valence-corrected chi connectivity index (χ4v) is 2.98. The molecule has 2 heteroatoms. The van der Waals surface area contributed by atoms with Crippen LogP contribution in [0, 0.1) is 5.92 Å². The number of nitrogen functional groups attached to an aromatic ring is 1. The highest BCUT2D eigenvalue weighted by atomic mass is 16.5. The molecule has 1 aliphatic carbocycles. The molecule has 0 heterocycles. The minimum Gasteiger partial charge on any atom is -0.493 e. The van der Waals surface area contributed by atoms with Crippen molar-refractivity contribution >= 4 is 16.5 Å². The molecule has 0 unspecified atom stereocenters. The summed E-state index contributed by atoms with van der Waals surface area (Å²) in [6.07, 6.45) is 6.73. The molecule has 1 fully saturated rings. The first-order chi connectivity index (χ1) is 9.34. The maximum absolute atomic E-state index is 6.06. The molecule has 0 bridgehead atoms. The van der Waals surface area contributed by atoms with Gasteiger partial charge < -0.3 is 10.5 Å². The second kappa shape index (κ2) is 5.52. The summed E-state index contributed by atoms with van der Waals surface area (Å²) in [6, 6.07) is 12.1. The number of hydrogen-bond acceptors (Lipinski definition) is 2. The average Bonchev–Trinajstić information content (AvgIpc) is 2.48. The maximum Gasteiger partial charge on any atom is 0.127 e. The van der Waals surface area contributed by atoms with Gasteiger partial charge in [0.2, 0.25) is 0 Å². The summed E-state index contributed by atoms with van der Waals surface area (Å²) in [5.74, 6) is 1.69. The Hall–Kier alpha value is -1.70. The molecule has 1 aliphatic rings. The molecule has 2 aromatic carbocycles. The summed E-state index contributed by atoms with van der Waals surface area (Å²) < 4.78 is 6.06. The van der Waals surface area contributed by atoms with Crippen molar-refractivity contribution in [3.63, 3.8) is 0 Å². The number of fused-ring (bicyclic) bond motifs is 1. The number of anilines is 1. The van der Waals surface area contributed by atoms with E-state index in [1.54, 1.807) is 0 Å². The van der Waals surface area contributed by atoms with E-state index in [4.69, 9.17) is 10.5 Å². The van der Waals surface area contributed by atoms with Crippen molar-refractivity contribution in [2.75, 3.05) is 12.3 Å². The lowest BCUT2D eigenvalue weighted by atomic mass is 9.90. The zero-order chi connectivity index (χ0) is 13.1. The summed E-state index contributed by atoms with van der Waals surface area (Å²) in [6.45, 7) is 0.841. The van der Waals surface area contributed by atoms with Gasteiger partial charge in [-0.2, -0.15) is 0 Å². The van der Waals surface area contributed by atoms with E-state index < -0.39 is 0 Å². The predicted molar refractivity (Wildman–Crippen MR) is 80.4 cm³/mol. The van der Waals surface area contributed by atoms with Crippen LogP contribution in [0.1, 0.15) is 32.1 Å². The number of rotatable bonds is 3. The molecule has 19 heavy (non-hydrogen) atoms. The fourth-order valence-electron chi connectivity index (χ4n) is 2.98. The Morgan fingerprint density at radius 2 is 1.68 bits per heavy atom. The lowest BCUT2D eigenvalue weighted by Crippen LogP contribution is -2.15. The standard InChI is InChI=1S/C17H21NO/c18-16-10-11-17(15-9-5-4-8-14(15)16)19-12-13-6-2-1-3-7-13/h4-5,8-11,13H,1-3,6-7,12,18H2. The second-order valence-corrected chi connectivity index (χ2v) is 5.51. The lowest BCUT2D eigenvalue weighted by Gasteiger charge is -2.22. The SMILES string of the molecule is Nc1ccc(OCC2CCCCC2)c2ccccc12. The first kappa shape index (κ1) is 12.3. The molecule has 2 aromatic rings. The van der Waals surface area contributed by atoms with E-state index >= 15 is 0 Å². The van der Waals surface area contributed by atoms with Gasteiger partial charge in [-0.25, -0.2) is 0 Å². The van der Waals surface area contributed by atoms with Gasteiger partial charge in [0.15, 0.2) is 0 Å². The molecule has 1 saturated carbocycles. The van der Waals surface area contributed by atoms with Crippen LogP contribution < -0.4 is 10.5 Å². The van der Waals surface area contributed by atoms with Crippen molar-refractivity contribution in [3.05, 3.63) is 36.4 Å². The van der Waals surface area contributed by atoms with Crippen LogP contribution in [0.2, 0.25) is 0 Å². The Balaban J connectivity index is 1.79. The van der Waals surface area contributed by atoms with E-state index in [1.165, 1.54) is 32.1 Å². The monoisotopic (exact) mass is 255 g/mol. The van der Waals surface area contributed by atoms with Gasteiger partial charge in [0.05, 0.1) is 6.61 Å². The highest BCUT2D eigenvalue weighted by Crippen LogP contribution is 2.31. The van der Waals surface area contributed by atoms with Crippen LogP contribution in [-0.4, -0.2) is 6.61 Å². The van der Waals surface area contributed by atoms with E-state index in [9.17, 15) is 0 Å². The molecule has 3 rings (SSSR count). The first-order valence-corrected chi connectivity index (χ1v) is 7.24. The van der Waals surface area contributed by atoms with E-state index in [0.717, 1.165) is 34.7 Å². The van der Waals surface area contributed by atoms with Gasteiger partial charge in [0, 0.05) is 16.5 Å². The quantitative estimate of drug-likeness (QED) is 0.826.